The summed E-state index contributed by atoms with van der Waals surface area (Å²) in [5.41, 5.74) is 1.37. The Morgan fingerprint density at radius 2 is 1.95 bits per heavy atom. The molecular formula is C16H18FN3O. The monoisotopic (exact) mass is 287 g/mol. The third-order valence-electron chi connectivity index (χ3n) is 3.04. The lowest BCUT2D eigenvalue weighted by atomic mass is 10.1. The smallest absolute Gasteiger partial charge is 0.253 e. The van der Waals surface area contributed by atoms with Gasteiger partial charge in [-0.05, 0) is 31.8 Å². The van der Waals surface area contributed by atoms with Crippen LogP contribution in [-0.2, 0) is 0 Å². The summed E-state index contributed by atoms with van der Waals surface area (Å²) in [4.78, 5) is 17.7. The van der Waals surface area contributed by atoms with E-state index in [1.807, 2.05) is 49.3 Å². The Labute approximate surface area is 123 Å². The molecule has 5 heteroatoms. The lowest BCUT2D eigenvalue weighted by Gasteiger charge is -2.22. The van der Waals surface area contributed by atoms with Gasteiger partial charge in [-0.3, -0.25) is 4.79 Å². The summed E-state index contributed by atoms with van der Waals surface area (Å²) in [5.74, 6) is -0.863. The van der Waals surface area contributed by atoms with Crippen LogP contribution >= 0.6 is 0 Å². The molecule has 0 aliphatic rings. The highest BCUT2D eigenvalue weighted by atomic mass is 19.1. The third kappa shape index (κ3) is 4.36. The van der Waals surface area contributed by atoms with Crippen LogP contribution in [-0.4, -0.2) is 36.4 Å². The Kier molecular flexibility index (Phi) is 5.00. The number of aromatic nitrogens is 1. The number of nitrogens with zero attached hydrogens (tertiary/aromatic N) is 2. The molecule has 110 valence electrons. The van der Waals surface area contributed by atoms with Crippen LogP contribution < -0.4 is 5.32 Å². The molecule has 1 aromatic carbocycles. The number of carbonyl (C=O) groups is 1. The summed E-state index contributed by atoms with van der Waals surface area (Å²) in [6.07, 6.45) is 1.24. The van der Waals surface area contributed by atoms with Crippen molar-refractivity contribution in [1.29, 1.82) is 0 Å². The molecule has 0 aliphatic heterocycles. The van der Waals surface area contributed by atoms with Gasteiger partial charge in [0.25, 0.3) is 5.91 Å². The molecule has 0 radical (unpaired) electrons. The van der Waals surface area contributed by atoms with Crippen molar-refractivity contribution < 1.29 is 9.18 Å². The van der Waals surface area contributed by atoms with E-state index in [0.29, 0.717) is 12.1 Å². The molecule has 1 heterocycles. The molecular weight excluding hydrogens is 269 g/mol. The van der Waals surface area contributed by atoms with E-state index in [-0.39, 0.29) is 11.9 Å². The van der Waals surface area contributed by atoms with Crippen molar-refractivity contribution in [3.05, 3.63) is 65.7 Å². The van der Waals surface area contributed by atoms with Gasteiger partial charge in [0.05, 0.1) is 11.6 Å². The van der Waals surface area contributed by atoms with Gasteiger partial charge in [-0.25, -0.2) is 4.98 Å². The van der Waals surface area contributed by atoms with Gasteiger partial charge in [-0.15, -0.1) is 0 Å². The molecule has 1 atom stereocenters. The molecule has 0 bridgehead atoms. The molecule has 1 amide bonds. The Morgan fingerprint density at radius 3 is 2.52 bits per heavy atom. The molecule has 1 unspecified atom stereocenters. The number of hydrogen-bond donors (Lipinski definition) is 1. The van der Waals surface area contributed by atoms with Crippen molar-refractivity contribution in [1.82, 2.24) is 15.2 Å². The Hall–Kier alpha value is -2.27. The van der Waals surface area contributed by atoms with Gasteiger partial charge >= 0.3 is 0 Å². The van der Waals surface area contributed by atoms with E-state index in [2.05, 4.69) is 10.3 Å². The topological polar surface area (TPSA) is 45.2 Å². The first-order valence-corrected chi connectivity index (χ1v) is 6.68. The fourth-order valence-corrected chi connectivity index (χ4v) is 2.04. The van der Waals surface area contributed by atoms with Gasteiger partial charge < -0.3 is 10.2 Å². The molecule has 4 nitrogen and oxygen atoms in total. The molecule has 2 rings (SSSR count). The fourth-order valence-electron chi connectivity index (χ4n) is 2.04. The van der Waals surface area contributed by atoms with E-state index in [9.17, 15) is 9.18 Å². The number of hydrogen-bond acceptors (Lipinski definition) is 3. The molecule has 0 saturated heterocycles. The summed E-state index contributed by atoms with van der Waals surface area (Å²) < 4.78 is 12.8. The van der Waals surface area contributed by atoms with Crippen molar-refractivity contribution in [2.45, 2.75) is 6.04 Å². The molecule has 1 aromatic heterocycles. The summed E-state index contributed by atoms with van der Waals surface area (Å²) in [6.45, 7) is 0.671. The van der Waals surface area contributed by atoms with Crippen molar-refractivity contribution in [3.8, 4) is 0 Å². The average Bonchev–Trinajstić information content (AvgIpc) is 2.47. The standard InChI is InChI=1S/C16H18FN3O/c1-20(2)11-14(12-6-4-3-5-7-12)19-16(21)13-8-9-15(17)18-10-13/h3-10,14H,11H2,1-2H3,(H,19,21). The maximum atomic E-state index is 12.8. The summed E-state index contributed by atoms with van der Waals surface area (Å²) in [5, 5.41) is 2.96. The van der Waals surface area contributed by atoms with Crippen LogP contribution in [0.25, 0.3) is 0 Å². The second kappa shape index (κ2) is 6.95. The van der Waals surface area contributed by atoms with Crippen LogP contribution in [0.1, 0.15) is 22.0 Å². The summed E-state index contributed by atoms with van der Waals surface area (Å²) >= 11 is 0. The minimum absolute atomic E-state index is 0.140. The van der Waals surface area contributed by atoms with Gasteiger partial charge in [-0.2, -0.15) is 4.39 Å². The van der Waals surface area contributed by atoms with Gasteiger partial charge in [0, 0.05) is 12.7 Å². The SMILES string of the molecule is CN(C)CC(NC(=O)c1ccc(F)nc1)c1ccccc1. The molecule has 2 aromatic rings. The minimum atomic E-state index is -0.598. The minimum Gasteiger partial charge on any atom is -0.344 e. The lowest BCUT2D eigenvalue weighted by Crippen LogP contribution is -2.35. The van der Waals surface area contributed by atoms with Crippen molar-refractivity contribution in [2.75, 3.05) is 20.6 Å². The van der Waals surface area contributed by atoms with Crippen LogP contribution in [0.2, 0.25) is 0 Å². The number of carbonyl (C=O) groups excluding carboxylic acids is 1. The highest BCUT2D eigenvalue weighted by molar-refractivity contribution is 5.94. The van der Waals surface area contributed by atoms with Crippen LogP contribution in [0.5, 0.6) is 0 Å². The molecule has 0 fully saturated rings. The zero-order chi connectivity index (χ0) is 15.2. The molecule has 0 aliphatic carbocycles. The average molecular weight is 287 g/mol. The first-order valence-electron chi connectivity index (χ1n) is 6.68. The van der Waals surface area contributed by atoms with Crippen LogP contribution in [0.15, 0.2) is 48.7 Å². The number of amides is 1. The Balaban J connectivity index is 2.15. The van der Waals surface area contributed by atoms with Crippen molar-refractivity contribution in [3.63, 3.8) is 0 Å². The third-order valence-corrected chi connectivity index (χ3v) is 3.04. The highest BCUT2D eigenvalue weighted by Gasteiger charge is 2.16. The largest absolute Gasteiger partial charge is 0.344 e. The molecule has 0 saturated carbocycles. The van der Waals surface area contributed by atoms with Crippen molar-refractivity contribution in [2.24, 2.45) is 0 Å². The number of nitrogens with one attached hydrogen (secondary N) is 1. The van der Waals surface area contributed by atoms with E-state index >= 15 is 0 Å². The Bertz CT molecular complexity index is 584. The fraction of sp³-hybridized carbons (Fsp3) is 0.250. The van der Waals surface area contributed by atoms with Crippen LogP contribution in [0.3, 0.4) is 0 Å². The number of likely N-dealkylation sites (N-methyl/N-ethyl adjacent to an activating group) is 1. The normalized spacial score (nSPS) is 12.2. The predicted molar refractivity (Wildman–Crippen MR) is 79.4 cm³/mol. The van der Waals surface area contributed by atoms with Gasteiger partial charge in [0.15, 0.2) is 0 Å². The second-order valence-electron chi connectivity index (χ2n) is 5.07. The zero-order valence-electron chi connectivity index (χ0n) is 12.1. The summed E-state index contributed by atoms with van der Waals surface area (Å²) in [7, 11) is 3.89. The van der Waals surface area contributed by atoms with E-state index in [1.165, 1.54) is 18.3 Å². The van der Waals surface area contributed by atoms with E-state index in [1.54, 1.807) is 0 Å². The van der Waals surface area contributed by atoms with E-state index < -0.39 is 5.95 Å². The first kappa shape index (κ1) is 15.1. The summed E-state index contributed by atoms with van der Waals surface area (Å²) in [6, 6.07) is 12.2. The molecule has 0 spiro atoms. The zero-order valence-corrected chi connectivity index (χ0v) is 12.1. The number of halogens is 1. The van der Waals surface area contributed by atoms with Gasteiger partial charge in [0.1, 0.15) is 0 Å². The Morgan fingerprint density at radius 1 is 1.24 bits per heavy atom. The van der Waals surface area contributed by atoms with E-state index in [0.717, 1.165) is 5.56 Å². The predicted octanol–water partition coefficient (Wildman–Crippen LogP) is 2.25. The van der Waals surface area contributed by atoms with E-state index in [4.69, 9.17) is 0 Å². The molecule has 21 heavy (non-hydrogen) atoms. The maximum Gasteiger partial charge on any atom is 0.253 e. The lowest BCUT2D eigenvalue weighted by molar-refractivity contribution is 0.0929. The van der Waals surface area contributed by atoms with Gasteiger partial charge in [-0.1, -0.05) is 30.3 Å². The number of pyridine rings is 1. The number of rotatable bonds is 5. The number of benzene rings is 1. The maximum absolute atomic E-state index is 12.8. The molecule has 1 N–H and O–H groups in total. The van der Waals surface area contributed by atoms with Crippen LogP contribution in [0.4, 0.5) is 4.39 Å². The van der Waals surface area contributed by atoms with Crippen LogP contribution in [0, 0.1) is 5.95 Å². The van der Waals surface area contributed by atoms with Gasteiger partial charge in [0.2, 0.25) is 5.95 Å². The quantitative estimate of drug-likeness (QED) is 0.858. The first-order chi connectivity index (χ1) is 10.1. The second-order valence-corrected chi connectivity index (χ2v) is 5.07. The van der Waals surface area contributed by atoms with Crippen molar-refractivity contribution >= 4 is 5.91 Å². The highest BCUT2D eigenvalue weighted by Crippen LogP contribution is 2.14.